The molecule has 5 rings (SSSR count). The molecule has 0 spiro atoms. The minimum atomic E-state index is -0.371. The molecular formula is C31H35NO5. The number of ketones is 2. The van der Waals surface area contributed by atoms with E-state index in [1.165, 1.54) is 5.56 Å². The highest BCUT2D eigenvalue weighted by Crippen LogP contribution is 2.50. The van der Waals surface area contributed by atoms with E-state index in [0.29, 0.717) is 44.1 Å². The molecule has 0 fully saturated rings. The van der Waals surface area contributed by atoms with Crippen molar-refractivity contribution in [2.75, 3.05) is 27.4 Å². The lowest BCUT2D eigenvalue weighted by Gasteiger charge is -2.44. The second-order valence-corrected chi connectivity index (χ2v) is 10.0. The molecule has 0 radical (unpaired) electrons. The lowest BCUT2D eigenvalue weighted by atomic mass is 9.71. The lowest BCUT2D eigenvalue weighted by Crippen LogP contribution is -2.40. The van der Waals surface area contributed by atoms with Crippen molar-refractivity contribution in [3.63, 3.8) is 0 Å². The minimum absolute atomic E-state index is 0.136. The van der Waals surface area contributed by atoms with Crippen molar-refractivity contribution >= 4 is 11.6 Å². The van der Waals surface area contributed by atoms with Crippen LogP contribution in [0.1, 0.15) is 61.1 Å². The van der Waals surface area contributed by atoms with Crippen LogP contribution < -0.4 is 9.47 Å². The maximum Gasteiger partial charge on any atom is 0.161 e. The predicted octanol–water partition coefficient (Wildman–Crippen LogP) is 5.64. The number of hydrogen-bond donors (Lipinski definition) is 0. The monoisotopic (exact) mass is 501 g/mol. The Kier molecular flexibility index (Phi) is 7.47. The van der Waals surface area contributed by atoms with E-state index in [9.17, 15) is 9.59 Å². The summed E-state index contributed by atoms with van der Waals surface area (Å²) in [6.45, 7) is 3.68. The molecule has 2 aromatic carbocycles. The van der Waals surface area contributed by atoms with Gasteiger partial charge in [0.2, 0.25) is 0 Å². The Labute approximate surface area is 218 Å². The number of nitrogens with zero attached hydrogens (tertiary/aromatic N) is 1. The van der Waals surface area contributed by atoms with E-state index >= 15 is 0 Å². The SMILES string of the molecule is COCCN1C2=C(C(=O)CCC2)C(c2ccc(OCc3ccc(C)cc3)c(OC)c2)C2=C1CCCC2=O. The van der Waals surface area contributed by atoms with E-state index in [0.717, 1.165) is 59.4 Å². The summed E-state index contributed by atoms with van der Waals surface area (Å²) in [5.41, 5.74) is 6.84. The normalized spacial score (nSPS) is 18.2. The molecule has 2 aliphatic carbocycles. The number of carbonyl (C=O) groups excluding carboxylic acids is 2. The molecule has 0 saturated heterocycles. The van der Waals surface area contributed by atoms with E-state index in [4.69, 9.17) is 14.2 Å². The average Bonchev–Trinajstić information content (AvgIpc) is 2.91. The molecule has 3 aliphatic rings. The van der Waals surface area contributed by atoms with Gasteiger partial charge in [-0.3, -0.25) is 9.59 Å². The molecule has 1 heterocycles. The molecule has 0 bridgehead atoms. The van der Waals surface area contributed by atoms with Crippen LogP contribution in [0.3, 0.4) is 0 Å². The summed E-state index contributed by atoms with van der Waals surface area (Å²) >= 11 is 0. The van der Waals surface area contributed by atoms with Crippen LogP contribution in [-0.2, 0) is 20.9 Å². The number of ether oxygens (including phenoxy) is 3. The molecule has 0 atom stereocenters. The third-order valence-electron chi connectivity index (χ3n) is 7.64. The third kappa shape index (κ3) is 4.95. The first-order chi connectivity index (χ1) is 18.0. The Morgan fingerprint density at radius 1 is 0.838 bits per heavy atom. The maximum absolute atomic E-state index is 13.4. The van der Waals surface area contributed by atoms with E-state index in [1.807, 2.05) is 18.2 Å². The number of allylic oxidation sites excluding steroid dienone is 4. The Hall–Kier alpha value is -3.38. The van der Waals surface area contributed by atoms with Gasteiger partial charge in [0.15, 0.2) is 23.1 Å². The van der Waals surface area contributed by atoms with E-state index < -0.39 is 0 Å². The quantitative estimate of drug-likeness (QED) is 0.466. The molecular weight excluding hydrogens is 466 g/mol. The molecule has 1 aliphatic heterocycles. The maximum atomic E-state index is 13.4. The van der Waals surface area contributed by atoms with Crippen LogP contribution in [0, 0.1) is 6.92 Å². The van der Waals surface area contributed by atoms with Gasteiger partial charge in [-0.15, -0.1) is 0 Å². The average molecular weight is 502 g/mol. The number of benzene rings is 2. The molecule has 6 heteroatoms. The summed E-state index contributed by atoms with van der Waals surface area (Å²) in [6, 6.07) is 14.1. The van der Waals surface area contributed by atoms with Gasteiger partial charge < -0.3 is 19.1 Å². The Balaban J connectivity index is 1.54. The molecule has 0 amide bonds. The van der Waals surface area contributed by atoms with Crippen molar-refractivity contribution in [2.24, 2.45) is 0 Å². The van der Waals surface area contributed by atoms with Gasteiger partial charge in [-0.2, -0.15) is 0 Å². The van der Waals surface area contributed by atoms with Gasteiger partial charge in [0.1, 0.15) is 6.61 Å². The summed E-state index contributed by atoms with van der Waals surface area (Å²) in [4.78, 5) is 29.0. The Morgan fingerprint density at radius 3 is 2.08 bits per heavy atom. The van der Waals surface area contributed by atoms with Crippen molar-refractivity contribution in [2.45, 2.75) is 58.0 Å². The van der Waals surface area contributed by atoms with E-state index in [1.54, 1.807) is 14.2 Å². The highest BCUT2D eigenvalue weighted by atomic mass is 16.5. The van der Waals surface area contributed by atoms with Crippen molar-refractivity contribution in [1.82, 2.24) is 4.90 Å². The van der Waals surface area contributed by atoms with E-state index in [2.05, 4.69) is 36.1 Å². The molecule has 0 unspecified atom stereocenters. The fraction of sp³-hybridized carbons (Fsp3) is 0.419. The number of rotatable bonds is 8. The predicted molar refractivity (Wildman–Crippen MR) is 142 cm³/mol. The summed E-state index contributed by atoms with van der Waals surface area (Å²) in [6.07, 6.45) is 4.36. The first-order valence-corrected chi connectivity index (χ1v) is 13.2. The largest absolute Gasteiger partial charge is 0.493 e. The van der Waals surface area contributed by atoms with Crippen LogP contribution in [-0.4, -0.2) is 43.8 Å². The van der Waals surface area contributed by atoms with Gasteiger partial charge in [-0.25, -0.2) is 0 Å². The van der Waals surface area contributed by atoms with Gasteiger partial charge in [0.05, 0.1) is 13.7 Å². The topological polar surface area (TPSA) is 65.1 Å². The van der Waals surface area contributed by atoms with Crippen LogP contribution in [0.4, 0.5) is 0 Å². The third-order valence-corrected chi connectivity index (χ3v) is 7.64. The number of methoxy groups -OCH3 is 2. The van der Waals surface area contributed by atoms with Gasteiger partial charge in [0.25, 0.3) is 0 Å². The van der Waals surface area contributed by atoms with Crippen LogP contribution in [0.25, 0.3) is 0 Å². The Morgan fingerprint density at radius 2 is 1.49 bits per heavy atom. The molecule has 2 aromatic rings. The van der Waals surface area contributed by atoms with Crippen molar-refractivity contribution in [3.05, 3.63) is 81.7 Å². The number of hydrogen-bond acceptors (Lipinski definition) is 6. The zero-order valence-corrected chi connectivity index (χ0v) is 22.0. The fourth-order valence-corrected chi connectivity index (χ4v) is 5.83. The number of Topliss-reactive ketones (excluding diaryl/α,β-unsaturated/α-hetero) is 2. The standard InChI is InChI=1S/C31H35NO5/c1-20-10-12-21(13-11-20)19-37-27-15-14-22(18-28(27)36-3)29-30-23(6-4-8-25(30)33)32(16-17-35-2)24-7-5-9-26(34)31(24)29/h10-15,18,29H,4-9,16-17,19H2,1-3H3. The smallest absolute Gasteiger partial charge is 0.161 e. The highest BCUT2D eigenvalue weighted by molar-refractivity contribution is 6.06. The Bertz CT molecular complexity index is 1210. The first-order valence-electron chi connectivity index (χ1n) is 13.2. The molecule has 0 N–H and O–H groups in total. The lowest BCUT2D eigenvalue weighted by molar-refractivity contribution is -0.117. The van der Waals surface area contributed by atoms with Crippen LogP contribution in [0.5, 0.6) is 11.5 Å². The first kappa shape index (κ1) is 25.3. The van der Waals surface area contributed by atoms with Gasteiger partial charge >= 0.3 is 0 Å². The number of carbonyl (C=O) groups is 2. The number of aryl methyl sites for hydroxylation is 1. The molecule has 194 valence electrons. The van der Waals surface area contributed by atoms with Gasteiger partial charge in [-0.1, -0.05) is 35.9 Å². The highest BCUT2D eigenvalue weighted by Gasteiger charge is 2.43. The van der Waals surface area contributed by atoms with E-state index in [-0.39, 0.29) is 17.5 Å². The zero-order valence-electron chi connectivity index (χ0n) is 22.0. The van der Waals surface area contributed by atoms with Gasteiger partial charge in [-0.05, 0) is 55.9 Å². The fourth-order valence-electron chi connectivity index (χ4n) is 5.83. The van der Waals surface area contributed by atoms with Crippen molar-refractivity contribution in [3.8, 4) is 11.5 Å². The summed E-state index contributed by atoms with van der Waals surface area (Å²) in [5, 5.41) is 0. The molecule has 0 aromatic heterocycles. The molecule has 37 heavy (non-hydrogen) atoms. The molecule has 0 saturated carbocycles. The summed E-state index contributed by atoms with van der Waals surface area (Å²) in [5.74, 6) is 1.14. The van der Waals surface area contributed by atoms with Crippen LogP contribution in [0.15, 0.2) is 65.0 Å². The zero-order chi connectivity index (χ0) is 25.9. The van der Waals surface area contributed by atoms with Crippen LogP contribution in [0.2, 0.25) is 0 Å². The minimum Gasteiger partial charge on any atom is -0.493 e. The van der Waals surface area contributed by atoms with Crippen LogP contribution >= 0.6 is 0 Å². The second-order valence-electron chi connectivity index (χ2n) is 10.0. The van der Waals surface area contributed by atoms with Crippen molar-refractivity contribution in [1.29, 1.82) is 0 Å². The summed E-state index contributed by atoms with van der Waals surface area (Å²) in [7, 11) is 3.31. The molecule has 6 nitrogen and oxygen atoms in total. The summed E-state index contributed by atoms with van der Waals surface area (Å²) < 4.78 is 17.2. The second kappa shape index (κ2) is 10.9. The van der Waals surface area contributed by atoms with Crippen molar-refractivity contribution < 1.29 is 23.8 Å². The van der Waals surface area contributed by atoms with Gasteiger partial charge in [0, 0.05) is 55.0 Å².